The Morgan fingerprint density at radius 2 is 2.04 bits per heavy atom. The fraction of sp³-hybridized carbons (Fsp3) is 0.0625. The topological polar surface area (TPSA) is 89.7 Å². The molecule has 0 aliphatic heterocycles. The van der Waals surface area contributed by atoms with Crippen LogP contribution in [0.25, 0.3) is 6.08 Å². The van der Waals surface area contributed by atoms with Crippen LogP contribution >= 0.6 is 15.9 Å². The maximum Gasteiger partial charge on any atom is 0.280 e. The molecule has 0 radical (unpaired) electrons. The molecule has 0 heterocycles. The van der Waals surface area contributed by atoms with Crippen LogP contribution in [0.2, 0.25) is 0 Å². The van der Waals surface area contributed by atoms with E-state index in [1.165, 1.54) is 43.5 Å². The lowest BCUT2D eigenvalue weighted by atomic mass is 10.1. The average Bonchev–Trinajstić information content (AvgIpc) is 2.54. The quantitative estimate of drug-likeness (QED) is 0.368. The van der Waals surface area contributed by atoms with Crippen molar-refractivity contribution in [2.24, 2.45) is 0 Å². The molecule has 0 amide bonds. The number of phenolic OH excluding ortho intramolecular Hbond substituents is 1. The van der Waals surface area contributed by atoms with Crippen molar-refractivity contribution in [2.75, 3.05) is 7.11 Å². The number of allylic oxidation sites excluding steroid dienone is 1. The Labute approximate surface area is 140 Å². The maximum atomic E-state index is 12.2. The number of halogens is 1. The minimum atomic E-state index is -0.601. The van der Waals surface area contributed by atoms with Crippen molar-refractivity contribution >= 4 is 33.5 Å². The Hall–Kier alpha value is -2.67. The van der Waals surface area contributed by atoms with Gasteiger partial charge in [0.15, 0.2) is 17.3 Å². The number of nitrogens with zero attached hydrogens (tertiary/aromatic N) is 1. The first-order valence-electron chi connectivity index (χ1n) is 6.46. The molecule has 0 aromatic heterocycles. The number of rotatable bonds is 5. The summed E-state index contributed by atoms with van der Waals surface area (Å²) >= 11 is 3.30. The minimum Gasteiger partial charge on any atom is -0.504 e. The van der Waals surface area contributed by atoms with Crippen molar-refractivity contribution < 1.29 is 19.6 Å². The van der Waals surface area contributed by atoms with Gasteiger partial charge in [-0.05, 0) is 35.9 Å². The van der Waals surface area contributed by atoms with Gasteiger partial charge >= 0.3 is 0 Å². The lowest BCUT2D eigenvalue weighted by molar-refractivity contribution is -0.385. The predicted molar refractivity (Wildman–Crippen MR) is 88.8 cm³/mol. The number of ketones is 1. The lowest BCUT2D eigenvalue weighted by Gasteiger charge is -2.06. The summed E-state index contributed by atoms with van der Waals surface area (Å²) in [6.45, 7) is 0. The molecule has 118 valence electrons. The normalized spacial score (nSPS) is 10.7. The summed E-state index contributed by atoms with van der Waals surface area (Å²) in [7, 11) is 1.43. The van der Waals surface area contributed by atoms with Crippen molar-refractivity contribution in [1.29, 1.82) is 0 Å². The third-order valence-corrected chi connectivity index (χ3v) is 3.77. The molecule has 2 aromatic rings. The zero-order chi connectivity index (χ0) is 17.0. The van der Waals surface area contributed by atoms with Crippen molar-refractivity contribution in [3.63, 3.8) is 0 Å². The molecule has 0 aliphatic rings. The van der Waals surface area contributed by atoms with Crippen LogP contribution in [0, 0.1) is 10.1 Å². The lowest BCUT2D eigenvalue weighted by Crippen LogP contribution is -2.00. The van der Waals surface area contributed by atoms with Gasteiger partial charge in [0, 0.05) is 10.5 Å². The molecule has 6 nitrogen and oxygen atoms in total. The second-order valence-corrected chi connectivity index (χ2v) is 5.37. The SMILES string of the molecule is COc1cc(Br)c(/C=C/C(=O)c2ccccc2[N+](=O)[O-])cc1O. The predicted octanol–water partition coefficient (Wildman–Crippen LogP) is 3.97. The molecule has 1 N–H and O–H groups in total. The van der Waals surface area contributed by atoms with Crippen LogP contribution in [0.4, 0.5) is 5.69 Å². The highest BCUT2D eigenvalue weighted by atomic mass is 79.9. The highest BCUT2D eigenvalue weighted by molar-refractivity contribution is 9.10. The molecule has 7 heteroatoms. The zero-order valence-electron chi connectivity index (χ0n) is 12.0. The summed E-state index contributed by atoms with van der Waals surface area (Å²) < 4.78 is 5.58. The van der Waals surface area contributed by atoms with Crippen LogP contribution < -0.4 is 4.74 Å². The first-order chi connectivity index (χ1) is 10.9. The number of carbonyl (C=O) groups excluding carboxylic acids is 1. The second-order valence-electron chi connectivity index (χ2n) is 4.52. The second kappa shape index (κ2) is 7.06. The number of ether oxygens (including phenoxy) is 1. The van der Waals surface area contributed by atoms with E-state index in [0.29, 0.717) is 15.8 Å². The third-order valence-electron chi connectivity index (χ3n) is 3.08. The number of phenols is 1. The molecule has 0 bridgehead atoms. The highest BCUT2D eigenvalue weighted by Crippen LogP contribution is 2.33. The number of para-hydroxylation sites is 1. The van der Waals surface area contributed by atoms with Gasteiger partial charge in [-0.25, -0.2) is 0 Å². The molecule has 0 spiro atoms. The number of aromatic hydroxyl groups is 1. The monoisotopic (exact) mass is 377 g/mol. The number of hydrogen-bond acceptors (Lipinski definition) is 5. The molecule has 0 saturated heterocycles. The molecular formula is C16H12BrNO5. The summed E-state index contributed by atoms with van der Waals surface area (Å²) in [4.78, 5) is 22.5. The van der Waals surface area contributed by atoms with Crippen molar-refractivity contribution in [2.45, 2.75) is 0 Å². The minimum absolute atomic E-state index is 0.00241. The maximum absolute atomic E-state index is 12.2. The standard InChI is InChI=1S/C16H12BrNO5/c1-23-16-9-12(17)10(8-15(16)20)6-7-14(19)11-4-2-3-5-13(11)18(21)22/h2-9,20H,1H3/b7-6+. The van der Waals surface area contributed by atoms with E-state index in [2.05, 4.69) is 15.9 Å². The van der Waals surface area contributed by atoms with Gasteiger partial charge in [0.25, 0.3) is 5.69 Å². The van der Waals surface area contributed by atoms with Crippen molar-refractivity contribution in [1.82, 2.24) is 0 Å². The van der Waals surface area contributed by atoms with Gasteiger partial charge in [0.05, 0.1) is 17.6 Å². The molecule has 0 unspecified atom stereocenters. The summed E-state index contributed by atoms with van der Waals surface area (Å²) in [6.07, 6.45) is 2.68. The van der Waals surface area contributed by atoms with Gasteiger partial charge < -0.3 is 9.84 Å². The summed E-state index contributed by atoms with van der Waals surface area (Å²) in [5.74, 6) is -0.285. The van der Waals surface area contributed by atoms with Gasteiger partial charge in [-0.3, -0.25) is 14.9 Å². The molecule has 0 aliphatic carbocycles. The van der Waals surface area contributed by atoms with Gasteiger partial charge in [0.2, 0.25) is 0 Å². The van der Waals surface area contributed by atoms with E-state index in [4.69, 9.17) is 4.74 Å². The molecule has 0 atom stereocenters. The summed E-state index contributed by atoms with van der Waals surface area (Å²) in [5, 5.41) is 20.7. The van der Waals surface area contributed by atoms with E-state index in [-0.39, 0.29) is 17.0 Å². The van der Waals surface area contributed by atoms with E-state index in [1.54, 1.807) is 12.1 Å². The van der Waals surface area contributed by atoms with E-state index in [1.807, 2.05) is 0 Å². The Kier molecular flexibility index (Phi) is 5.13. The molecule has 0 fully saturated rings. The molecule has 2 rings (SSSR count). The van der Waals surface area contributed by atoms with Crippen LogP contribution in [-0.2, 0) is 0 Å². The number of nitro benzene ring substituents is 1. The van der Waals surface area contributed by atoms with Crippen LogP contribution in [0.5, 0.6) is 11.5 Å². The van der Waals surface area contributed by atoms with Crippen molar-refractivity contribution in [3.8, 4) is 11.5 Å². The van der Waals surface area contributed by atoms with Gasteiger partial charge in [-0.2, -0.15) is 0 Å². The third kappa shape index (κ3) is 3.75. The fourth-order valence-corrected chi connectivity index (χ4v) is 2.40. The largest absolute Gasteiger partial charge is 0.504 e. The Bertz CT molecular complexity index is 801. The van der Waals surface area contributed by atoms with Crippen molar-refractivity contribution in [3.05, 3.63) is 68.2 Å². The first kappa shape index (κ1) is 16.7. The Morgan fingerprint density at radius 3 is 2.70 bits per heavy atom. The van der Waals surface area contributed by atoms with Gasteiger partial charge in [0.1, 0.15) is 0 Å². The summed E-state index contributed by atoms with van der Waals surface area (Å²) in [5.41, 5.74) is 0.289. The summed E-state index contributed by atoms with van der Waals surface area (Å²) in [6, 6.07) is 8.71. The van der Waals surface area contributed by atoms with Crippen LogP contribution in [-0.4, -0.2) is 22.9 Å². The number of carbonyl (C=O) groups is 1. The molecular weight excluding hydrogens is 366 g/mol. The van der Waals surface area contributed by atoms with Crippen LogP contribution in [0.15, 0.2) is 46.9 Å². The number of nitro groups is 1. The van der Waals surface area contributed by atoms with E-state index in [9.17, 15) is 20.0 Å². The van der Waals surface area contributed by atoms with E-state index >= 15 is 0 Å². The Morgan fingerprint density at radius 1 is 1.35 bits per heavy atom. The first-order valence-corrected chi connectivity index (χ1v) is 7.25. The molecule has 23 heavy (non-hydrogen) atoms. The fourth-order valence-electron chi connectivity index (χ4n) is 1.95. The smallest absolute Gasteiger partial charge is 0.280 e. The number of benzene rings is 2. The van der Waals surface area contributed by atoms with Gasteiger partial charge in [-0.15, -0.1) is 0 Å². The molecule has 2 aromatic carbocycles. The van der Waals surface area contributed by atoms with E-state index < -0.39 is 10.7 Å². The zero-order valence-corrected chi connectivity index (χ0v) is 13.6. The number of hydrogen-bond donors (Lipinski definition) is 1. The van der Waals surface area contributed by atoms with Gasteiger partial charge in [-0.1, -0.05) is 28.1 Å². The van der Waals surface area contributed by atoms with Crippen LogP contribution in [0.3, 0.4) is 0 Å². The Balaban J connectivity index is 2.33. The highest BCUT2D eigenvalue weighted by Gasteiger charge is 2.17. The van der Waals surface area contributed by atoms with E-state index in [0.717, 1.165) is 0 Å². The molecule has 0 saturated carbocycles. The number of methoxy groups -OCH3 is 1. The van der Waals surface area contributed by atoms with Crippen LogP contribution in [0.1, 0.15) is 15.9 Å². The average molecular weight is 378 g/mol.